The lowest BCUT2D eigenvalue weighted by Gasteiger charge is -2.19. The fourth-order valence-electron chi connectivity index (χ4n) is 3.22. The monoisotopic (exact) mass is 443 g/mol. The molecular formula is C19H27Cl2N5OS. The summed E-state index contributed by atoms with van der Waals surface area (Å²) in [4.78, 5) is 18.8. The zero-order chi connectivity index (χ0) is 18.8. The van der Waals surface area contributed by atoms with Gasteiger partial charge in [0.25, 0.3) is 5.91 Å². The van der Waals surface area contributed by atoms with Crippen LogP contribution in [0.5, 0.6) is 0 Å². The van der Waals surface area contributed by atoms with Crippen LogP contribution in [-0.4, -0.2) is 33.3 Å². The zero-order valence-corrected chi connectivity index (χ0v) is 18.9. The Morgan fingerprint density at radius 3 is 2.64 bits per heavy atom. The maximum atomic E-state index is 13.1. The molecule has 3 heterocycles. The van der Waals surface area contributed by atoms with Crippen molar-refractivity contribution in [1.82, 2.24) is 20.1 Å². The number of nitrogens with zero attached hydrogens (tertiary/aromatic N) is 3. The summed E-state index contributed by atoms with van der Waals surface area (Å²) in [7, 11) is 1.85. The molecule has 9 heteroatoms. The molecule has 0 radical (unpaired) electrons. The van der Waals surface area contributed by atoms with Gasteiger partial charge >= 0.3 is 0 Å². The molecule has 3 aromatic heterocycles. The second kappa shape index (κ2) is 10.2. The predicted molar refractivity (Wildman–Crippen MR) is 121 cm³/mol. The summed E-state index contributed by atoms with van der Waals surface area (Å²) in [6, 6.07) is 5.80. The number of fused-ring (bicyclic) bond motifs is 1. The van der Waals surface area contributed by atoms with Crippen molar-refractivity contribution in [2.75, 3.05) is 6.54 Å². The van der Waals surface area contributed by atoms with E-state index in [1.165, 1.54) is 0 Å². The second-order valence-electron chi connectivity index (χ2n) is 6.98. The molecule has 0 aliphatic carbocycles. The van der Waals surface area contributed by atoms with Crippen molar-refractivity contribution in [2.24, 2.45) is 18.7 Å². The average Bonchev–Trinajstić information content (AvgIpc) is 3.22. The molecule has 154 valence electrons. The highest BCUT2D eigenvalue weighted by Gasteiger charge is 2.21. The van der Waals surface area contributed by atoms with Gasteiger partial charge in [-0.05, 0) is 36.8 Å². The van der Waals surface area contributed by atoms with Gasteiger partial charge < -0.3 is 11.1 Å². The Morgan fingerprint density at radius 1 is 1.36 bits per heavy atom. The average molecular weight is 444 g/mol. The molecule has 1 amide bonds. The number of aryl methyl sites for hydroxylation is 2. The van der Waals surface area contributed by atoms with Gasteiger partial charge in [0.05, 0.1) is 27.2 Å². The third-order valence-electron chi connectivity index (χ3n) is 4.36. The van der Waals surface area contributed by atoms with Gasteiger partial charge in [-0.1, -0.05) is 19.9 Å². The lowest BCUT2D eigenvalue weighted by Crippen LogP contribution is -2.41. The van der Waals surface area contributed by atoms with Gasteiger partial charge in [0.1, 0.15) is 0 Å². The van der Waals surface area contributed by atoms with Gasteiger partial charge in [-0.25, -0.2) is 4.98 Å². The van der Waals surface area contributed by atoms with E-state index in [-0.39, 0.29) is 36.8 Å². The number of nitrogens with two attached hydrogens (primary N) is 1. The lowest BCUT2D eigenvalue weighted by molar-refractivity contribution is 0.0935. The molecule has 0 saturated carbocycles. The zero-order valence-electron chi connectivity index (χ0n) is 16.4. The normalized spacial score (nSPS) is 11.8. The first-order valence-corrected chi connectivity index (χ1v) is 9.67. The van der Waals surface area contributed by atoms with Crippen LogP contribution in [0.4, 0.5) is 0 Å². The van der Waals surface area contributed by atoms with E-state index in [2.05, 4.69) is 24.3 Å². The summed E-state index contributed by atoms with van der Waals surface area (Å²) < 4.78 is 1.73. The molecule has 0 aliphatic rings. The first-order chi connectivity index (χ1) is 12.4. The maximum absolute atomic E-state index is 13.1. The molecule has 0 aliphatic heterocycles. The molecule has 1 unspecified atom stereocenters. The van der Waals surface area contributed by atoms with Gasteiger partial charge in [-0.3, -0.25) is 9.48 Å². The number of rotatable bonds is 6. The van der Waals surface area contributed by atoms with Crippen LogP contribution < -0.4 is 11.1 Å². The number of nitrogens with one attached hydrogen (secondary N) is 1. The van der Waals surface area contributed by atoms with Crippen LogP contribution in [-0.2, 0) is 7.05 Å². The fourth-order valence-corrected chi connectivity index (χ4v) is 3.91. The van der Waals surface area contributed by atoms with E-state index in [4.69, 9.17) is 10.7 Å². The van der Waals surface area contributed by atoms with Crippen molar-refractivity contribution in [3.05, 3.63) is 34.8 Å². The van der Waals surface area contributed by atoms with Crippen LogP contribution in [0, 0.1) is 12.8 Å². The van der Waals surface area contributed by atoms with Crippen LogP contribution >= 0.6 is 36.2 Å². The van der Waals surface area contributed by atoms with Crippen LogP contribution in [0.15, 0.2) is 23.6 Å². The highest BCUT2D eigenvalue weighted by atomic mass is 35.5. The third-order valence-corrected chi connectivity index (χ3v) is 5.25. The van der Waals surface area contributed by atoms with Crippen LogP contribution in [0.25, 0.3) is 21.6 Å². The summed E-state index contributed by atoms with van der Waals surface area (Å²) >= 11 is 1.60. The number of pyridine rings is 1. The van der Waals surface area contributed by atoms with Crippen molar-refractivity contribution < 1.29 is 4.79 Å². The van der Waals surface area contributed by atoms with E-state index >= 15 is 0 Å². The molecule has 0 saturated heterocycles. The summed E-state index contributed by atoms with van der Waals surface area (Å²) in [5, 5.41) is 10.3. The Hall–Kier alpha value is -1.67. The minimum atomic E-state index is -0.123. The minimum absolute atomic E-state index is 0. The quantitative estimate of drug-likeness (QED) is 0.603. The fraction of sp³-hybridized carbons (Fsp3) is 0.421. The van der Waals surface area contributed by atoms with Crippen LogP contribution in [0.1, 0.15) is 36.3 Å². The molecule has 1 atom stereocenters. The third kappa shape index (κ3) is 5.03. The van der Waals surface area contributed by atoms with Gasteiger partial charge in [0, 0.05) is 19.6 Å². The lowest BCUT2D eigenvalue weighted by atomic mass is 10.0. The van der Waals surface area contributed by atoms with E-state index in [0.29, 0.717) is 23.7 Å². The molecule has 6 nitrogen and oxygen atoms in total. The molecule has 3 N–H and O–H groups in total. The van der Waals surface area contributed by atoms with Gasteiger partial charge in [0.2, 0.25) is 0 Å². The molecular weight excluding hydrogens is 417 g/mol. The standard InChI is InChI=1S/C19H25N5OS.2ClH/c1-11(2)8-13(10-20)21-19(25)14-9-15(16-6-5-7-26-16)22-18-17(14)12(3)23-24(18)4;;/h5-7,9,11,13H,8,10,20H2,1-4H3,(H,21,25);2*1H. The minimum Gasteiger partial charge on any atom is -0.348 e. The highest BCUT2D eigenvalue weighted by Crippen LogP contribution is 2.29. The molecule has 3 rings (SSSR count). The molecule has 28 heavy (non-hydrogen) atoms. The largest absolute Gasteiger partial charge is 0.348 e. The Bertz CT molecular complexity index is 924. The van der Waals surface area contributed by atoms with Crippen molar-refractivity contribution >= 4 is 53.1 Å². The van der Waals surface area contributed by atoms with Gasteiger partial charge in [-0.2, -0.15) is 5.10 Å². The number of carbonyl (C=O) groups excluding carboxylic acids is 1. The highest BCUT2D eigenvalue weighted by molar-refractivity contribution is 7.13. The Labute approximate surface area is 181 Å². The number of carbonyl (C=O) groups is 1. The number of hydrogen-bond donors (Lipinski definition) is 2. The maximum Gasteiger partial charge on any atom is 0.252 e. The van der Waals surface area contributed by atoms with Gasteiger partial charge in [0.15, 0.2) is 5.65 Å². The van der Waals surface area contributed by atoms with E-state index < -0.39 is 0 Å². The predicted octanol–water partition coefficient (Wildman–Crippen LogP) is 3.95. The summed E-state index contributed by atoms with van der Waals surface area (Å²) in [6.07, 6.45) is 0.847. The van der Waals surface area contributed by atoms with Crippen LogP contribution in [0.3, 0.4) is 0 Å². The number of thiophene rings is 1. The number of amides is 1. The summed E-state index contributed by atoms with van der Waals surface area (Å²) in [5.41, 5.74) is 8.76. The first-order valence-electron chi connectivity index (χ1n) is 8.79. The van der Waals surface area contributed by atoms with Crippen molar-refractivity contribution in [2.45, 2.75) is 33.2 Å². The Kier molecular flexibility index (Phi) is 8.88. The topological polar surface area (TPSA) is 85.8 Å². The summed E-state index contributed by atoms with van der Waals surface area (Å²) in [5.74, 6) is 0.338. The molecule has 3 aromatic rings. The smallest absolute Gasteiger partial charge is 0.252 e. The van der Waals surface area contributed by atoms with Crippen molar-refractivity contribution in [3.63, 3.8) is 0 Å². The SMILES string of the molecule is Cc1nn(C)c2nc(-c3cccs3)cc(C(=O)NC(CN)CC(C)C)c12.Cl.Cl. The molecule has 0 fully saturated rings. The number of hydrogen-bond acceptors (Lipinski definition) is 5. The summed E-state index contributed by atoms with van der Waals surface area (Å²) in [6.45, 7) is 6.57. The van der Waals surface area contributed by atoms with Gasteiger partial charge in [-0.15, -0.1) is 36.2 Å². The van der Waals surface area contributed by atoms with Crippen LogP contribution in [0.2, 0.25) is 0 Å². The molecule has 0 aromatic carbocycles. The Morgan fingerprint density at radius 2 is 2.07 bits per heavy atom. The van der Waals surface area contributed by atoms with E-state index in [1.54, 1.807) is 16.0 Å². The molecule has 0 bridgehead atoms. The Balaban J connectivity index is 0.00000196. The van der Waals surface area contributed by atoms with Crippen molar-refractivity contribution in [1.29, 1.82) is 0 Å². The van der Waals surface area contributed by atoms with Crippen molar-refractivity contribution in [3.8, 4) is 10.6 Å². The molecule has 0 spiro atoms. The number of aromatic nitrogens is 3. The first kappa shape index (κ1) is 24.4. The second-order valence-corrected chi connectivity index (χ2v) is 7.92. The van der Waals surface area contributed by atoms with E-state index in [1.807, 2.05) is 37.6 Å². The van der Waals surface area contributed by atoms with E-state index in [0.717, 1.165) is 28.1 Å². The van der Waals surface area contributed by atoms with E-state index in [9.17, 15) is 4.79 Å². The number of halogens is 2.